The maximum absolute atomic E-state index is 13.9. The number of halogens is 1. The minimum atomic E-state index is -0.411. The third-order valence-electron chi connectivity index (χ3n) is 4.56. The van der Waals surface area contributed by atoms with Crippen molar-refractivity contribution < 1.29 is 9.18 Å². The molecule has 1 aliphatic heterocycles. The molecule has 0 bridgehead atoms. The molecule has 0 aliphatic carbocycles. The molecule has 4 N–H and O–H groups in total. The number of aromatic nitrogens is 1. The summed E-state index contributed by atoms with van der Waals surface area (Å²) in [6.45, 7) is 5.95. The standard InChI is InChI=1S/C17H22FN5O/c1-10-14(18)4-3-12-9-13(11(2)19)16(21-15(10)12)22-5-7-23(8-6-22)17(20)24/h3-4,9,11H,5-8,19H2,1-2H3,(H2,20,24). The molecule has 24 heavy (non-hydrogen) atoms. The van der Waals surface area contributed by atoms with Crippen molar-refractivity contribution in [1.29, 1.82) is 0 Å². The van der Waals surface area contributed by atoms with E-state index >= 15 is 0 Å². The Morgan fingerprint density at radius 3 is 2.54 bits per heavy atom. The van der Waals surface area contributed by atoms with E-state index in [1.54, 1.807) is 17.9 Å². The lowest BCUT2D eigenvalue weighted by Gasteiger charge is -2.36. The van der Waals surface area contributed by atoms with Gasteiger partial charge in [0.25, 0.3) is 0 Å². The number of fused-ring (bicyclic) bond motifs is 1. The highest BCUT2D eigenvalue weighted by atomic mass is 19.1. The molecule has 0 saturated carbocycles. The molecule has 2 heterocycles. The van der Waals surface area contributed by atoms with Crippen molar-refractivity contribution >= 4 is 22.8 Å². The van der Waals surface area contributed by atoms with Gasteiger partial charge in [0.05, 0.1) is 5.52 Å². The van der Waals surface area contributed by atoms with Gasteiger partial charge in [-0.3, -0.25) is 0 Å². The van der Waals surface area contributed by atoms with Crippen molar-refractivity contribution in [1.82, 2.24) is 9.88 Å². The molecular weight excluding hydrogens is 309 g/mol. The molecule has 3 rings (SSSR count). The largest absolute Gasteiger partial charge is 0.353 e. The molecule has 128 valence electrons. The van der Waals surface area contributed by atoms with Gasteiger partial charge < -0.3 is 21.3 Å². The van der Waals surface area contributed by atoms with E-state index in [1.165, 1.54) is 6.07 Å². The van der Waals surface area contributed by atoms with Crippen LogP contribution in [0.4, 0.5) is 15.0 Å². The van der Waals surface area contributed by atoms with Crippen LogP contribution in [0.25, 0.3) is 10.9 Å². The molecular formula is C17H22FN5O. The Kier molecular flexibility index (Phi) is 4.28. The second kappa shape index (κ2) is 6.24. The van der Waals surface area contributed by atoms with Crippen LogP contribution in [-0.2, 0) is 0 Å². The van der Waals surface area contributed by atoms with Gasteiger partial charge in [0.2, 0.25) is 0 Å². The van der Waals surface area contributed by atoms with E-state index in [9.17, 15) is 9.18 Å². The third kappa shape index (κ3) is 2.87. The number of aryl methyl sites for hydroxylation is 1. The van der Waals surface area contributed by atoms with E-state index in [0.29, 0.717) is 37.3 Å². The molecule has 1 atom stereocenters. The number of amides is 2. The van der Waals surface area contributed by atoms with Crippen LogP contribution in [0.5, 0.6) is 0 Å². The van der Waals surface area contributed by atoms with Crippen LogP contribution in [0, 0.1) is 12.7 Å². The Morgan fingerprint density at radius 1 is 1.29 bits per heavy atom. The molecule has 6 nitrogen and oxygen atoms in total. The Hall–Kier alpha value is -2.41. The first-order valence-corrected chi connectivity index (χ1v) is 8.03. The maximum Gasteiger partial charge on any atom is 0.314 e. The summed E-state index contributed by atoms with van der Waals surface area (Å²) in [4.78, 5) is 19.7. The van der Waals surface area contributed by atoms with E-state index in [-0.39, 0.29) is 11.9 Å². The van der Waals surface area contributed by atoms with Crippen LogP contribution in [-0.4, -0.2) is 42.1 Å². The zero-order valence-electron chi connectivity index (χ0n) is 13.9. The van der Waals surface area contributed by atoms with Crippen LogP contribution in [0.1, 0.15) is 24.1 Å². The Balaban J connectivity index is 2.04. The minimum absolute atomic E-state index is 0.198. The number of urea groups is 1. The van der Waals surface area contributed by atoms with E-state index in [0.717, 1.165) is 16.8 Å². The number of hydrogen-bond acceptors (Lipinski definition) is 4. The number of pyridine rings is 1. The molecule has 1 saturated heterocycles. The first-order valence-electron chi connectivity index (χ1n) is 8.03. The molecule has 2 aromatic rings. The number of nitrogens with zero attached hydrogens (tertiary/aromatic N) is 3. The number of nitrogens with two attached hydrogens (primary N) is 2. The fourth-order valence-electron chi connectivity index (χ4n) is 3.09. The topological polar surface area (TPSA) is 88.5 Å². The second-order valence-corrected chi connectivity index (χ2v) is 6.25. The number of benzene rings is 1. The Labute approximate surface area is 140 Å². The lowest BCUT2D eigenvalue weighted by molar-refractivity contribution is 0.204. The lowest BCUT2D eigenvalue weighted by Crippen LogP contribution is -2.51. The maximum atomic E-state index is 13.9. The summed E-state index contributed by atoms with van der Waals surface area (Å²) in [5.74, 6) is 0.489. The van der Waals surface area contributed by atoms with E-state index in [4.69, 9.17) is 16.5 Å². The first-order chi connectivity index (χ1) is 11.4. The Morgan fingerprint density at radius 2 is 1.96 bits per heavy atom. The zero-order chi connectivity index (χ0) is 17.4. The Bertz CT molecular complexity index is 784. The number of primary amides is 1. The highest BCUT2D eigenvalue weighted by molar-refractivity contribution is 5.85. The summed E-state index contributed by atoms with van der Waals surface area (Å²) in [5, 5.41) is 0.876. The molecule has 1 unspecified atom stereocenters. The number of rotatable bonds is 2. The molecule has 7 heteroatoms. The predicted octanol–water partition coefficient (Wildman–Crippen LogP) is 1.90. The van der Waals surface area contributed by atoms with Gasteiger partial charge >= 0.3 is 6.03 Å². The van der Waals surface area contributed by atoms with Gasteiger partial charge in [-0.25, -0.2) is 14.2 Å². The van der Waals surface area contributed by atoms with Crippen molar-refractivity contribution in [3.05, 3.63) is 35.1 Å². The molecule has 1 fully saturated rings. The average Bonchev–Trinajstić information content (AvgIpc) is 2.57. The summed E-state index contributed by atoms with van der Waals surface area (Å²) in [5.41, 5.74) is 13.6. The quantitative estimate of drug-likeness (QED) is 0.880. The van der Waals surface area contributed by atoms with Crippen molar-refractivity contribution in [2.75, 3.05) is 31.1 Å². The number of carbonyl (C=O) groups excluding carboxylic acids is 1. The van der Waals surface area contributed by atoms with Crippen molar-refractivity contribution in [3.8, 4) is 0 Å². The van der Waals surface area contributed by atoms with Gasteiger partial charge in [0, 0.05) is 48.7 Å². The van der Waals surface area contributed by atoms with Gasteiger partial charge in [0.15, 0.2) is 0 Å². The van der Waals surface area contributed by atoms with Gasteiger partial charge in [-0.2, -0.15) is 0 Å². The lowest BCUT2D eigenvalue weighted by atomic mass is 10.0. The van der Waals surface area contributed by atoms with Gasteiger partial charge in [-0.1, -0.05) is 0 Å². The average molecular weight is 331 g/mol. The molecule has 0 spiro atoms. The fourth-order valence-corrected chi connectivity index (χ4v) is 3.09. The third-order valence-corrected chi connectivity index (χ3v) is 4.56. The smallest absolute Gasteiger partial charge is 0.314 e. The molecule has 0 radical (unpaired) electrons. The molecule has 2 amide bonds. The SMILES string of the molecule is Cc1c(F)ccc2cc(C(C)N)c(N3CCN(C(N)=O)CC3)nc12. The van der Waals surface area contributed by atoms with E-state index in [1.807, 2.05) is 13.0 Å². The number of carbonyl (C=O) groups is 1. The highest BCUT2D eigenvalue weighted by Gasteiger charge is 2.24. The number of hydrogen-bond donors (Lipinski definition) is 2. The minimum Gasteiger partial charge on any atom is -0.353 e. The van der Waals surface area contributed by atoms with Crippen LogP contribution in [0.3, 0.4) is 0 Å². The summed E-state index contributed by atoms with van der Waals surface area (Å²) >= 11 is 0. The van der Waals surface area contributed by atoms with Crippen LogP contribution in [0.2, 0.25) is 0 Å². The van der Waals surface area contributed by atoms with Crippen LogP contribution < -0.4 is 16.4 Å². The monoisotopic (exact) mass is 331 g/mol. The van der Waals surface area contributed by atoms with Crippen LogP contribution in [0.15, 0.2) is 18.2 Å². The predicted molar refractivity (Wildman–Crippen MR) is 92.4 cm³/mol. The van der Waals surface area contributed by atoms with Crippen LogP contribution >= 0.6 is 0 Å². The van der Waals surface area contributed by atoms with E-state index in [2.05, 4.69) is 4.90 Å². The van der Waals surface area contributed by atoms with Gasteiger partial charge in [0.1, 0.15) is 11.6 Å². The zero-order valence-corrected chi connectivity index (χ0v) is 13.9. The van der Waals surface area contributed by atoms with Gasteiger partial charge in [-0.05, 0) is 32.0 Å². The van der Waals surface area contributed by atoms with Crippen molar-refractivity contribution in [3.63, 3.8) is 0 Å². The molecule has 1 aromatic carbocycles. The number of anilines is 1. The van der Waals surface area contributed by atoms with Crippen molar-refractivity contribution in [2.45, 2.75) is 19.9 Å². The molecule has 1 aromatic heterocycles. The molecule has 1 aliphatic rings. The summed E-state index contributed by atoms with van der Waals surface area (Å²) in [6, 6.07) is 4.55. The second-order valence-electron chi connectivity index (χ2n) is 6.25. The van der Waals surface area contributed by atoms with Gasteiger partial charge in [-0.15, -0.1) is 0 Å². The highest BCUT2D eigenvalue weighted by Crippen LogP contribution is 2.30. The normalized spacial score (nSPS) is 16.5. The summed E-state index contributed by atoms with van der Waals surface area (Å²) in [7, 11) is 0. The summed E-state index contributed by atoms with van der Waals surface area (Å²) < 4.78 is 13.9. The van der Waals surface area contributed by atoms with Crippen molar-refractivity contribution in [2.24, 2.45) is 11.5 Å². The van der Waals surface area contributed by atoms with E-state index < -0.39 is 6.03 Å². The first kappa shape index (κ1) is 16.4. The fraction of sp³-hybridized carbons (Fsp3) is 0.412. The number of piperazine rings is 1. The summed E-state index contributed by atoms with van der Waals surface area (Å²) in [6.07, 6.45) is 0.